The Hall–Kier alpha value is -0.710. The second-order valence-corrected chi connectivity index (χ2v) is 3.40. The Bertz CT molecular complexity index is 344. The highest BCUT2D eigenvalue weighted by Gasteiger charge is 2.21. The smallest absolute Gasteiger partial charge is 0.142 e. The lowest BCUT2D eigenvalue weighted by molar-refractivity contribution is 0.162. The SMILES string of the molecule is CC(O)[C@H](N)c1c(F)ccc(F)c1Cl. The molecular weight excluding hydrogens is 212 g/mol. The van der Waals surface area contributed by atoms with Crippen LogP contribution < -0.4 is 5.73 Å². The van der Waals surface area contributed by atoms with Crippen molar-refractivity contribution in [1.82, 2.24) is 0 Å². The van der Waals surface area contributed by atoms with E-state index in [0.29, 0.717) is 0 Å². The van der Waals surface area contributed by atoms with E-state index in [2.05, 4.69) is 0 Å². The molecule has 0 aliphatic carbocycles. The average Bonchev–Trinajstić information content (AvgIpc) is 2.12. The summed E-state index contributed by atoms with van der Waals surface area (Å²) in [5, 5.41) is 8.76. The highest BCUT2D eigenvalue weighted by atomic mass is 35.5. The van der Waals surface area contributed by atoms with Crippen molar-refractivity contribution in [2.24, 2.45) is 5.73 Å². The first-order valence-electron chi connectivity index (χ1n) is 4.02. The van der Waals surface area contributed by atoms with Gasteiger partial charge in [-0.25, -0.2) is 8.78 Å². The summed E-state index contributed by atoms with van der Waals surface area (Å²) in [6.07, 6.45) is -0.996. The molecule has 0 aliphatic heterocycles. The van der Waals surface area contributed by atoms with E-state index in [1.807, 2.05) is 0 Å². The van der Waals surface area contributed by atoms with Gasteiger partial charge in [0.25, 0.3) is 0 Å². The van der Waals surface area contributed by atoms with Gasteiger partial charge in [0, 0.05) is 5.56 Å². The standard InChI is InChI=1S/C9H10ClF2NO/c1-4(14)9(13)7-5(11)2-3-6(12)8(7)10/h2-4,9,14H,13H2,1H3/t4?,9-/m0/s1. The maximum atomic E-state index is 13.2. The quantitative estimate of drug-likeness (QED) is 0.751. The van der Waals surface area contributed by atoms with E-state index < -0.39 is 23.8 Å². The zero-order valence-corrected chi connectivity index (χ0v) is 8.22. The fourth-order valence-corrected chi connectivity index (χ4v) is 1.37. The summed E-state index contributed by atoms with van der Waals surface area (Å²) in [7, 11) is 0. The van der Waals surface area contributed by atoms with E-state index in [0.717, 1.165) is 12.1 Å². The summed E-state index contributed by atoms with van der Waals surface area (Å²) in [4.78, 5) is 0. The van der Waals surface area contributed by atoms with Gasteiger partial charge >= 0.3 is 0 Å². The lowest BCUT2D eigenvalue weighted by Gasteiger charge is -2.17. The van der Waals surface area contributed by atoms with Crippen molar-refractivity contribution in [1.29, 1.82) is 0 Å². The minimum Gasteiger partial charge on any atom is -0.391 e. The number of aliphatic hydroxyl groups excluding tert-OH is 1. The van der Waals surface area contributed by atoms with Crippen molar-refractivity contribution >= 4 is 11.6 Å². The molecule has 1 aromatic carbocycles. The summed E-state index contributed by atoms with van der Waals surface area (Å²) in [6.45, 7) is 1.38. The molecule has 0 aromatic heterocycles. The van der Waals surface area contributed by atoms with E-state index >= 15 is 0 Å². The molecule has 5 heteroatoms. The van der Waals surface area contributed by atoms with E-state index in [9.17, 15) is 8.78 Å². The number of halogens is 3. The van der Waals surface area contributed by atoms with Crippen LogP contribution in [0.25, 0.3) is 0 Å². The first-order chi connectivity index (χ1) is 6.45. The summed E-state index contributed by atoms with van der Waals surface area (Å²) in [6, 6.07) is 0.813. The summed E-state index contributed by atoms with van der Waals surface area (Å²) in [5.74, 6) is -1.47. The number of hydrogen-bond donors (Lipinski definition) is 2. The number of hydrogen-bond acceptors (Lipinski definition) is 2. The van der Waals surface area contributed by atoms with Crippen molar-refractivity contribution in [2.75, 3.05) is 0 Å². The van der Waals surface area contributed by atoms with Gasteiger partial charge in [0.1, 0.15) is 11.6 Å². The first-order valence-corrected chi connectivity index (χ1v) is 4.40. The van der Waals surface area contributed by atoms with Crippen molar-refractivity contribution in [3.8, 4) is 0 Å². The van der Waals surface area contributed by atoms with Crippen molar-refractivity contribution in [3.05, 3.63) is 34.4 Å². The Morgan fingerprint density at radius 3 is 2.36 bits per heavy atom. The Labute approximate surface area is 85.3 Å². The van der Waals surface area contributed by atoms with Gasteiger partial charge in [-0.05, 0) is 19.1 Å². The fraction of sp³-hybridized carbons (Fsp3) is 0.333. The summed E-state index contributed by atoms with van der Waals surface area (Å²) < 4.78 is 26.1. The molecule has 1 rings (SSSR count). The van der Waals surface area contributed by atoms with Crippen LogP contribution in [0.4, 0.5) is 8.78 Å². The van der Waals surface area contributed by atoms with Gasteiger partial charge in [-0.2, -0.15) is 0 Å². The molecule has 0 heterocycles. The van der Waals surface area contributed by atoms with E-state index in [1.54, 1.807) is 0 Å². The predicted octanol–water partition coefficient (Wildman–Crippen LogP) is 2.00. The number of nitrogens with two attached hydrogens (primary N) is 1. The molecule has 3 N–H and O–H groups in total. The van der Waals surface area contributed by atoms with Crippen LogP contribution in [0.1, 0.15) is 18.5 Å². The van der Waals surface area contributed by atoms with Crippen LogP contribution in [-0.2, 0) is 0 Å². The monoisotopic (exact) mass is 221 g/mol. The third-order valence-corrected chi connectivity index (χ3v) is 2.32. The molecule has 1 unspecified atom stereocenters. The molecular formula is C9H10ClF2NO. The van der Waals surface area contributed by atoms with Crippen LogP contribution in [0, 0.1) is 11.6 Å². The normalized spacial score (nSPS) is 15.3. The highest BCUT2D eigenvalue weighted by Crippen LogP contribution is 2.28. The topological polar surface area (TPSA) is 46.2 Å². The van der Waals surface area contributed by atoms with Crippen molar-refractivity contribution in [3.63, 3.8) is 0 Å². The molecule has 0 saturated heterocycles. The summed E-state index contributed by atoms with van der Waals surface area (Å²) in [5.41, 5.74) is 5.27. The molecule has 0 radical (unpaired) electrons. The largest absolute Gasteiger partial charge is 0.391 e. The second-order valence-electron chi connectivity index (χ2n) is 3.02. The fourth-order valence-electron chi connectivity index (χ4n) is 1.09. The second kappa shape index (κ2) is 4.21. The third-order valence-electron chi connectivity index (χ3n) is 1.93. The van der Waals surface area contributed by atoms with E-state index in [1.165, 1.54) is 6.92 Å². The molecule has 1 aromatic rings. The summed E-state index contributed by atoms with van der Waals surface area (Å²) >= 11 is 5.53. The first kappa shape index (κ1) is 11.4. The lowest BCUT2D eigenvalue weighted by atomic mass is 10.0. The van der Waals surface area contributed by atoms with Gasteiger partial charge in [-0.3, -0.25) is 0 Å². The van der Waals surface area contributed by atoms with Crippen LogP contribution in [0.2, 0.25) is 5.02 Å². The van der Waals surface area contributed by atoms with Gasteiger partial charge in [0.15, 0.2) is 0 Å². The molecule has 0 amide bonds. The Morgan fingerprint density at radius 1 is 1.36 bits per heavy atom. The zero-order valence-electron chi connectivity index (χ0n) is 7.47. The Balaban J connectivity index is 3.25. The van der Waals surface area contributed by atoms with Gasteiger partial charge in [0.05, 0.1) is 17.2 Å². The molecule has 14 heavy (non-hydrogen) atoms. The van der Waals surface area contributed by atoms with Crippen molar-refractivity contribution < 1.29 is 13.9 Å². The number of benzene rings is 1. The van der Waals surface area contributed by atoms with E-state index in [4.69, 9.17) is 22.4 Å². The molecule has 0 fully saturated rings. The predicted molar refractivity (Wildman–Crippen MR) is 50.0 cm³/mol. The number of aliphatic hydroxyl groups is 1. The van der Waals surface area contributed by atoms with Crippen LogP contribution in [-0.4, -0.2) is 11.2 Å². The van der Waals surface area contributed by atoms with Crippen LogP contribution in [0.3, 0.4) is 0 Å². The van der Waals surface area contributed by atoms with Gasteiger partial charge in [0.2, 0.25) is 0 Å². The van der Waals surface area contributed by atoms with Gasteiger partial charge in [-0.1, -0.05) is 11.6 Å². The molecule has 2 atom stereocenters. The molecule has 78 valence electrons. The van der Waals surface area contributed by atoms with Crippen LogP contribution >= 0.6 is 11.6 Å². The molecule has 0 spiro atoms. The van der Waals surface area contributed by atoms with Crippen LogP contribution in [0.15, 0.2) is 12.1 Å². The third kappa shape index (κ3) is 2.03. The maximum absolute atomic E-state index is 13.2. The molecule has 0 saturated carbocycles. The average molecular weight is 222 g/mol. The number of rotatable bonds is 2. The molecule has 0 aliphatic rings. The lowest BCUT2D eigenvalue weighted by Crippen LogP contribution is -2.24. The minimum absolute atomic E-state index is 0.193. The minimum atomic E-state index is -1.03. The van der Waals surface area contributed by atoms with Crippen LogP contribution in [0.5, 0.6) is 0 Å². The molecule has 2 nitrogen and oxygen atoms in total. The highest BCUT2D eigenvalue weighted by molar-refractivity contribution is 6.31. The van der Waals surface area contributed by atoms with E-state index in [-0.39, 0.29) is 10.6 Å². The zero-order chi connectivity index (χ0) is 10.9. The maximum Gasteiger partial charge on any atom is 0.142 e. The Morgan fingerprint density at radius 2 is 1.86 bits per heavy atom. The molecule has 0 bridgehead atoms. The Kier molecular flexibility index (Phi) is 3.42. The van der Waals surface area contributed by atoms with Gasteiger partial charge in [-0.15, -0.1) is 0 Å². The van der Waals surface area contributed by atoms with Crippen molar-refractivity contribution in [2.45, 2.75) is 19.1 Å². The van der Waals surface area contributed by atoms with Gasteiger partial charge < -0.3 is 10.8 Å².